The summed E-state index contributed by atoms with van der Waals surface area (Å²) in [6.45, 7) is 35.8. The molecule has 31 heteroatoms. The lowest BCUT2D eigenvalue weighted by atomic mass is 9.98. The molecular weight excluding hydrogens is 1920 g/mol. The van der Waals surface area contributed by atoms with Crippen LogP contribution in [0.3, 0.4) is 0 Å². The number of hydrogen-bond donors (Lipinski definition) is 2. The van der Waals surface area contributed by atoms with E-state index in [0.29, 0.717) is 154 Å². The van der Waals surface area contributed by atoms with Crippen LogP contribution in [0.5, 0.6) is 23.0 Å². The third kappa shape index (κ3) is 20.4. The molecule has 18 rings (SSSR count). The Bertz CT molecular complexity index is 7450. The molecule has 3 atom stereocenters. The smallest absolute Gasteiger partial charge is 0.371 e. The Hall–Kier alpha value is -12.8. The van der Waals surface area contributed by atoms with Crippen LogP contribution in [0.4, 0.5) is 0 Å². The van der Waals surface area contributed by atoms with Gasteiger partial charge in [-0.25, -0.2) is 9.59 Å². The van der Waals surface area contributed by atoms with Crippen LogP contribution < -0.4 is 18.9 Å². The van der Waals surface area contributed by atoms with Crippen molar-refractivity contribution < 1.29 is 62.3 Å². The standard InChI is InChI=1S/2C38H40Cl2N4O4.C35H36Cl2N4O5/c1-22-18-43(20-27-9-7-10-28(17-27)48-21-45)38(46)37-30(11-8-14-47-29-15-23(2)35(40)24(3)16-29)31-12-13-32(39)34(36(31)44(37)19-22)33-25(4)41-42(6)26(33)5;1-21-18-43(20-26-9-11-27(12-10-26)38(46)47)37(45)36-29(8-7-15-48-28-16-22(2)34(40)23(3)17-28)30-13-14-31(39)33(35(30)44(36)19-21)32-24(4)41-42(6)25(32)5;1-18-14-24(15-19(2)31(18)37)45-13-7-8-25-26-10-11-27(36)30(29-21(4)38-39(6)22(29)5)32(26)41-16-20(3)40(34(42)33(25)41)17-23-9-12-28(46-23)35(43)44/h7,9-10,12-13,15-17,21-22H,8,11,14,18-20H2,1-6H3;9-14,16-17,21H,7-8,15,18-20H2,1-6H3,(H,46,47);9-12,14-15,20H,7-8,13,16-17H2,1-6H3,(H,43,44)/t;;20-/m..0/s1. The molecule has 3 amide bonds. The largest absolute Gasteiger partial charge is 0.494 e. The Kier molecular flexibility index (Phi) is 30.5. The second kappa shape index (κ2) is 42.4. The van der Waals surface area contributed by atoms with Crippen LogP contribution >= 0.6 is 69.6 Å². The summed E-state index contributed by atoms with van der Waals surface area (Å²) in [5.74, 6) is 0.927. The molecule has 0 radical (unpaired) electrons. The van der Waals surface area contributed by atoms with Crippen molar-refractivity contribution in [1.82, 2.24) is 57.7 Å². The Morgan fingerprint density at radius 2 is 0.782 bits per heavy atom. The number of carboxylic acids is 2. The summed E-state index contributed by atoms with van der Waals surface area (Å²) in [5.41, 5.74) is 26.6. The third-order valence-corrected chi connectivity index (χ3v) is 30.3. The maximum atomic E-state index is 14.7. The van der Waals surface area contributed by atoms with Crippen LogP contribution in [0.25, 0.3) is 66.1 Å². The summed E-state index contributed by atoms with van der Waals surface area (Å²) in [7, 11) is 5.78. The van der Waals surface area contributed by atoms with Crippen molar-refractivity contribution >= 4 is 138 Å². The van der Waals surface area contributed by atoms with Gasteiger partial charge >= 0.3 is 11.9 Å². The van der Waals surface area contributed by atoms with Crippen LogP contribution in [0.2, 0.25) is 30.1 Å². The quantitative estimate of drug-likeness (QED) is 0.0341. The zero-order valence-electron chi connectivity index (χ0n) is 83.1. The van der Waals surface area contributed by atoms with Gasteiger partial charge in [0.25, 0.3) is 24.2 Å². The zero-order valence-corrected chi connectivity index (χ0v) is 87.6. The predicted molar refractivity (Wildman–Crippen MR) is 559 cm³/mol. The van der Waals surface area contributed by atoms with Crippen molar-refractivity contribution in [3.05, 3.63) is 293 Å². The van der Waals surface area contributed by atoms with E-state index in [1.54, 1.807) is 47.4 Å². The van der Waals surface area contributed by atoms with Crippen molar-refractivity contribution in [2.24, 2.45) is 33.0 Å². The average molecular weight is 2040 g/mol. The highest BCUT2D eigenvalue weighted by molar-refractivity contribution is 6.37. The minimum atomic E-state index is -1.15. The molecule has 0 saturated heterocycles. The van der Waals surface area contributed by atoms with E-state index >= 15 is 0 Å². The van der Waals surface area contributed by atoms with Gasteiger partial charge in [0.2, 0.25) is 5.76 Å². The highest BCUT2D eigenvalue weighted by Gasteiger charge is 2.40. The van der Waals surface area contributed by atoms with Crippen LogP contribution in [0.1, 0.15) is 194 Å². The van der Waals surface area contributed by atoms with Gasteiger partial charge in [-0.1, -0.05) is 126 Å². The molecule has 3 aliphatic heterocycles. The van der Waals surface area contributed by atoms with Gasteiger partial charge in [-0.2, -0.15) is 15.3 Å². The molecule has 25 nitrogen and oxygen atoms in total. The van der Waals surface area contributed by atoms with Gasteiger partial charge in [-0.15, -0.1) is 0 Å². The van der Waals surface area contributed by atoms with Crippen LogP contribution in [0.15, 0.2) is 138 Å². The number of carbonyl (C=O) groups is 6. The average Bonchev–Trinajstić information content (AvgIpc) is 1.56. The number of benzene rings is 8. The van der Waals surface area contributed by atoms with E-state index < -0.39 is 11.9 Å². The summed E-state index contributed by atoms with van der Waals surface area (Å²) >= 11 is 40.2. The maximum absolute atomic E-state index is 14.7. The SMILES string of the molecule is Cc1cc(OCCCc2c3n(c4c(-c5c(C)nn(C)c5C)c(Cl)ccc24)CC(C)CN(Cc2ccc(C(=O)O)cc2)C3=O)cc(C)c1Cl.Cc1cc(OCCCc2c3n(c4c(-c5c(C)nn(C)c5C)c(Cl)ccc24)CC(C)CN(Cc2cccc(OC=O)c2)C3=O)cc(C)c1Cl.Cc1cc(OCCCc2c3n(c4c(-c5c(C)nn(C)c5C)c(Cl)ccc24)C[C@H](C)N(Cc2ccc(C(=O)O)o2)C3=O)cc(C)c1Cl. The molecule has 10 heterocycles. The predicted octanol–water partition coefficient (Wildman–Crippen LogP) is 24.9. The second-order valence-corrected chi connectivity index (χ2v) is 40.4. The van der Waals surface area contributed by atoms with E-state index in [0.717, 1.165) is 194 Å². The number of fused-ring (bicyclic) bond motifs is 9. The number of amides is 3. The number of hydrogen-bond acceptors (Lipinski definition) is 14. The van der Waals surface area contributed by atoms with Crippen LogP contribution in [-0.2, 0) is 84.5 Å². The lowest BCUT2D eigenvalue weighted by Gasteiger charge is -2.35. The maximum Gasteiger partial charge on any atom is 0.371 e. The number of rotatable bonds is 28. The monoisotopic (exact) mass is 2030 g/mol. The molecule has 0 fully saturated rings. The van der Waals surface area contributed by atoms with Crippen molar-refractivity contribution in [3.63, 3.8) is 0 Å². The van der Waals surface area contributed by atoms with E-state index in [-0.39, 0.29) is 53.5 Å². The number of carboxylic acid groups (broad SMARTS) is 2. The minimum Gasteiger partial charge on any atom is -0.494 e. The van der Waals surface area contributed by atoms with Gasteiger partial charge in [0.15, 0.2) is 0 Å². The lowest BCUT2D eigenvalue weighted by molar-refractivity contribution is -0.120. The molecule has 7 aromatic heterocycles. The first-order valence-corrected chi connectivity index (χ1v) is 49.9. The van der Waals surface area contributed by atoms with Gasteiger partial charge in [-0.05, 0) is 293 Å². The number of aromatic nitrogens is 9. The van der Waals surface area contributed by atoms with Gasteiger partial charge in [0.05, 0.1) is 80.6 Å². The normalized spacial score (nSPS) is 14.7. The molecule has 740 valence electrons. The number of furan rings is 1. The third-order valence-electron chi connectivity index (χ3n) is 27.6. The number of ether oxygens (including phenoxy) is 4. The highest BCUT2D eigenvalue weighted by Crippen LogP contribution is 2.49. The molecule has 0 bridgehead atoms. The number of aryl methyl sites for hydroxylation is 15. The Balaban J connectivity index is 0.000000153. The Morgan fingerprint density at radius 3 is 1.13 bits per heavy atom. The summed E-state index contributed by atoms with van der Waals surface area (Å²) < 4.78 is 41.2. The van der Waals surface area contributed by atoms with Crippen molar-refractivity contribution in [2.45, 2.75) is 188 Å². The topological polar surface area (TPSA) is 271 Å². The van der Waals surface area contributed by atoms with E-state index in [2.05, 4.69) is 38.7 Å². The molecule has 0 aliphatic carbocycles. The van der Waals surface area contributed by atoms with Crippen LogP contribution in [0, 0.1) is 94.9 Å². The summed E-state index contributed by atoms with van der Waals surface area (Å²) in [5, 5.41) is 39.8. The van der Waals surface area contributed by atoms with E-state index in [4.69, 9.17) is 103 Å². The van der Waals surface area contributed by atoms with Crippen molar-refractivity contribution in [2.75, 3.05) is 32.9 Å². The van der Waals surface area contributed by atoms with Gasteiger partial charge in [0, 0.05) is 155 Å². The summed E-state index contributed by atoms with van der Waals surface area (Å²) in [6, 6.07) is 40.4. The van der Waals surface area contributed by atoms with Crippen molar-refractivity contribution in [3.8, 4) is 56.4 Å². The number of carbonyl (C=O) groups excluding carboxylic acids is 4. The first-order chi connectivity index (χ1) is 67.7. The lowest BCUT2D eigenvalue weighted by Crippen LogP contribution is -2.46. The van der Waals surface area contributed by atoms with Gasteiger partial charge in [-0.3, -0.25) is 33.2 Å². The molecule has 0 spiro atoms. The van der Waals surface area contributed by atoms with E-state index in [9.17, 15) is 39.0 Å². The van der Waals surface area contributed by atoms with Crippen molar-refractivity contribution in [1.29, 1.82) is 0 Å². The molecule has 2 N–H and O–H groups in total. The molecular formula is C111H116Cl6N12O13. The minimum absolute atomic E-state index is 0.0427. The molecule has 3 aliphatic rings. The molecule has 142 heavy (non-hydrogen) atoms. The molecule has 2 unspecified atom stereocenters. The van der Waals surface area contributed by atoms with Gasteiger partial charge in [0.1, 0.15) is 45.8 Å². The fraction of sp³-hybridized carbons (Fsp3) is 0.342. The molecule has 0 saturated carbocycles. The number of aromatic carboxylic acids is 2. The fourth-order valence-corrected chi connectivity index (χ4v) is 21.9. The Labute approximate surface area is 855 Å². The first-order valence-electron chi connectivity index (χ1n) is 47.6. The summed E-state index contributed by atoms with van der Waals surface area (Å²) in [4.78, 5) is 83.3. The Morgan fingerprint density at radius 1 is 0.415 bits per heavy atom. The zero-order chi connectivity index (χ0) is 102. The molecule has 15 aromatic rings. The number of halogens is 6. The summed E-state index contributed by atoms with van der Waals surface area (Å²) in [6.07, 6.45) is 3.90. The fourth-order valence-electron chi connectivity index (χ4n) is 20.8. The second-order valence-electron chi connectivity index (χ2n) is 38.0. The highest BCUT2D eigenvalue weighted by atomic mass is 35.5. The van der Waals surface area contributed by atoms with E-state index in [1.807, 2.05) is 214 Å². The molecule has 8 aromatic carbocycles. The van der Waals surface area contributed by atoms with Gasteiger partial charge < -0.3 is 62.0 Å². The van der Waals surface area contributed by atoms with E-state index in [1.165, 1.54) is 6.07 Å². The number of nitrogens with zero attached hydrogens (tertiary/aromatic N) is 12. The first kappa shape index (κ1) is 102. The van der Waals surface area contributed by atoms with Crippen LogP contribution in [-0.4, -0.2) is 143 Å².